The molecule has 4 atom stereocenters. The summed E-state index contributed by atoms with van der Waals surface area (Å²) in [5, 5.41) is 19.2. The van der Waals surface area contributed by atoms with Gasteiger partial charge in [-0.1, -0.05) is 57.9 Å². The van der Waals surface area contributed by atoms with Gasteiger partial charge in [-0.3, -0.25) is 19.2 Å². The van der Waals surface area contributed by atoms with Gasteiger partial charge in [-0.05, 0) is 69.9 Å². The number of hydrogen-bond donors (Lipinski definition) is 4. The minimum atomic E-state index is -1.99. The number of rotatable bonds is 16. The molecule has 0 unspecified atom stereocenters. The lowest BCUT2D eigenvalue weighted by atomic mass is 9.85. The van der Waals surface area contributed by atoms with E-state index in [1.807, 2.05) is 52.0 Å². The van der Waals surface area contributed by atoms with E-state index < -0.39 is 58.6 Å². The molecule has 0 spiro atoms. The van der Waals surface area contributed by atoms with Gasteiger partial charge < -0.3 is 35.6 Å². The highest BCUT2D eigenvalue weighted by molar-refractivity contribution is 7.13. The minimum absolute atomic E-state index is 0.0362. The largest absolute Gasteiger partial charge is 0.444 e. The Hall–Kier alpha value is -4.11. The first-order chi connectivity index (χ1) is 25.7. The second kappa shape index (κ2) is 18.2. The van der Waals surface area contributed by atoms with Gasteiger partial charge in [0.15, 0.2) is 5.67 Å². The molecular formula is C40H59FN6O7S. The van der Waals surface area contributed by atoms with Crippen LogP contribution in [0.5, 0.6) is 0 Å². The highest BCUT2D eigenvalue weighted by atomic mass is 32.1. The van der Waals surface area contributed by atoms with Crippen LogP contribution in [0.2, 0.25) is 0 Å². The molecular weight excluding hydrogens is 728 g/mol. The maximum atomic E-state index is 14.6. The third-order valence-corrected chi connectivity index (χ3v) is 10.8. The number of β-amino-alcohol motifs (C(OH)–C–C–N with tert-alkyl or cyclic N) is 1. The van der Waals surface area contributed by atoms with Crippen LogP contribution < -0.4 is 16.0 Å². The number of thiazole rings is 1. The SMILES string of the molecule is Cc1ncsc1-c1ccc([C@H](CC(=O)NCCCCCCN(C)C(=O)OC(C)(C)C)NC(=O)[C@@H]2C[C@@H](O)CN2C(=O)[C@@H](NC(=O)C2(F)CC2)C(C)(C)C)cc1. The predicted octanol–water partition coefficient (Wildman–Crippen LogP) is 5.20. The summed E-state index contributed by atoms with van der Waals surface area (Å²) >= 11 is 1.51. The first-order valence-corrected chi connectivity index (χ1v) is 20.1. The fourth-order valence-corrected chi connectivity index (χ4v) is 7.24. The summed E-state index contributed by atoms with van der Waals surface area (Å²) in [6, 6.07) is 4.55. The van der Waals surface area contributed by atoms with Gasteiger partial charge in [0.25, 0.3) is 5.91 Å². The molecule has 1 saturated heterocycles. The van der Waals surface area contributed by atoms with E-state index in [0.29, 0.717) is 18.7 Å². The number of carbonyl (C=O) groups excluding carboxylic acids is 5. The molecule has 1 aliphatic carbocycles. The molecule has 1 saturated carbocycles. The Morgan fingerprint density at radius 3 is 2.27 bits per heavy atom. The van der Waals surface area contributed by atoms with E-state index in [4.69, 9.17) is 4.74 Å². The highest BCUT2D eigenvalue weighted by Gasteiger charge is 2.53. The predicted molar refractivity (Wildman–Crippen MR) is 209 cm³/mol. The van der Waals surface area contributed by atoms with Gasteiger partial charge in [0.05, 0.1) is 34.6 Å². The van der Waals surface area contributed by atoms with Gasteiger partial charge in [-0.2, -0.15) is 0 Å². The van der Waals surface area contributed by atoms with Crippen LogP contribution in [0.1, 0.15) is 110 Å². The number of nitrogens with zero attached hydrogens (tertiary/aromatic N) is 3. The number of unbranched alkanes of at least 4 members (excludes halogenated alkanes) is 3. The number of aliphatic hydroxyl groups excluding tert-OH is 1. The Morgan fingerprint density at radius 2 is 1.69 bits per heavy atom. The summed E-state index contributed by atoms with van der Waals surface area (Å²) < 4.78 is 20.0. The van der Waals surface area contributed by atoms with Crippen molar-refractivity contribution in [2.75, 3.05) is 26.7 Å². The average Bonchev–Trinajstić information content (AvgIpc) is 3.51. The van der Waals surface area contributed by atoms with E-state index in [1.165, 1.54) is 16.2 Å². The van der Waals surface area contributed by atoms with Crippen molar-refractivity contribution in [1.29, 1.82) is 0 Å². The van der Waals surface area contributed by atoms with Crippen molar-refractivity contribution in [2.45, 2.75) is 135 Å². The van der Waals surface area contributed by atoms with Gasteiger partial charge in [-0.15, -0.1) is 11.3 Å². The number of aliphatic hydroxyl groups is 1. The fourth-order valence-electron chi connectivity index (χ4n) is 6.43. The number of alkyl halides is 1. The van der Waals surface area contributed by atoms with Gasteiger partial charge in [0.1, 0.15) is 17.7 Å². The monoisotopic (exact) mass is 786 g/mol. The van der Waals surface area contributed by atoms with Crippen LogP contribution in [-0.2, 0) is 23.9 Å². The summed E-state index contributed by atoms with van der Waals surface area (Å²) in [5.74, 6) is -2.26. The number of aromatic nitrogens is 1. The van der Waals surface area contributed by atoms with Crippen molar-refractivity contribution < 1.29 is 38.2 Å². The number of likely N-dealkylation sites (tertiary alicyclic amines) is 1. The summed E-state index contributed by atoms with van der Waals surface area (Å²) in [7, 11) is 1.71. The van der Waals surface area contributed by atoms with E-state index in [0.717, 1.165) is 41.8 Å². The maximum absolute atomic E-state index is 14.6. The van der Waals surface area contributed by atoms with Crippen molar-refractivity contribution in [1.82, 2.24) is 30.7 Å². The van der Waals surface area contributed by atoms with Crippen LogP contribution >= 0.6 is 11.3 Å². The topological polar surface area (TPSA) is 170 Å². The summed E-state index contributed by atoms with van der Waals surface area (Å²) in [5.41, 5.74) is 0.927. The standard InChI is InChI=1S/C40H59FN6O7S/c1-25-32(55-24-43-25)27-15-13-26(14-16-27)29(22-31(49)42-19-11-9-10-12-20-46(8)37(53)54-39(5,6)7)44-34(50)30-21-28(48)23-47(30)35(51)33(38(2,3)4)45-36(52)40(41)17-18-40/h13-16,24,28-30,33,48H,9-12,17-23H2,1-8H3,(H,42,49)(H,44,50)(H,45,52)/t28-,29+,30+,33-/m1/s1. The van der Waals surface area contributed by atoms with Crippen LogP contribution in [-0.4, -0.2) is 106 Å². The van der Waals surface area contributed by atoms with Crippen LogP contribution in [0.3, 0.4) is 0 Å². The molecule has 13 nitrogen and oxygen atoms in total. The second-order valence-corrected chi connectivity index (χ2v) is 17.8. The maximum Gasteiger partial charge on any atom is 0.410 e. The molecule has 15 heteroatoms. The lowest BCUT2D eigenvalue weighted by Gasteiger charge is -2.36. The van der Waals surface area contributed by atoms with E-state index in [1.54, 1.807) is 38.2 Å². The molecule has 4 rings (SSSR count). The van der Waals surface area contributed by atoms with Gasteiger partial charge >= 0.3 is 6.09 Å². The zero-order valence-corrected chi connectivity index (χ0v) is 34.3. The summed E-state index contributed by atoms with van der Waals surface area (Å²) in [4.78, 5) is 74.3. The third-order valence-electron chi connectivity index (χ3n) is 9.82. The first kappa shape index (κ1) is 43.6. The molecule has 1 aliphatic heterocycles. The zero-order valence-electron chi connectivity index (χ0n) is 33.5. The molecule has 0 bridgehead atoms. The Bertz CT molecular complexity index is 1670. The number of aryl methyl sites for hydroxylation is 1. The Morgan fingerprint density at radius 1 is 1.04 bits per heavy atom. The fraction of sp³-hybridized carbons (Fsp3) is 0.650. The van der Waals surface area contributed by atoms with Crippen LogP contribution in [0.25, 0.3) is 10.4 Å². The molecule has 1 aromatic carbocycles. The summed E-state index contributed by atoms with van der Waals surface area (Å²) in [6.45, 7) is 13.5. The van der Waals surface area contributed by atoms with Crippen molar-refractivity contribution in [2.24, 2.45) is 5.41 Å². The highest BCUT2D eigenvalue weighted by Crippen LogP contribution is 2.40. The molecule has 5 amide bonds. The Kier molecular flexibility index (Phi) is 14.5. The van der Waals surface area contributed by atoms with E-state index in [2.05, 4.69) is 20.9 Å². The van der Waals surface area contributed by atoms with Crippen molar-refractivity contribution in [3.63, 3.8) is 0 Å². The average molecular weight is 787 g/mol. The Balaban J connectivity index is 1.40. The minimum Gasteiger partial charge on any atom is -0.444 e. The quantitative estimate of drug-likeness (QED) is 0.168. The lowest BCUT2D eigenvalue weighted by molar-refractivity contribution is -0.145. The molecule has 0 radical (unpaired) electrons. The number of halogens is 1. The summed E-state index contributed by atoms with van der Waals surface area (Å²) in [6.07, 6.45) is 1.95. The van der Waals surface area contributed by atoms with Crippen LogP contribution in [0, 0.1) is 12.3 Å². The first-order valence-electron chi connectivity index (χ1n) is 19.2. The third kappa shape index (κ3) is 12.4. The van der Waals surface area contributed by atoms with Crippen LogP contribution in [0.15, 0.2) is 29.8 Å². The van der Waals surface area contributed by atoms with Crippen molar-refractivity contribution in [3.8, 4) is 10.4 Å². The molecule has 4 N–H and O–H groups in total. The molecule has 2 aliphatic rings. The van der Waals surface area contributed by atoms with Crippen molar-refractivity contribution in [3.05, 3.63) is 41.0 Å². The number of carbonyl (C=O) groups is 5. The van der Waals surface area contributed by atoms with Gasteiger partial charge in [0, 0.05) is 33.1 Å². The molecule has 2 heterocycles. The molecule has 2 fully saturated rings. The van der Waals surface area contributed by atoms with Crippen molar-refractivity contribution >= 4 is 41.1 Å². The van der Waals surface area contributed by atoms with E-state index >= 15 is 0 Å². The Labute approximate surface area is 328 Å². The van der Waals surface area contributed by atoms with Crippen LogP contribution in [0.4, 0.5) is 9.18 Å². The molecule has 1 aromatic heterocycles. The number of hydrogen-bond acceptors (Lipinski definition) is 9. The van der Waals surface area contributed by atoms with E-state index in [-0.39, 0.29) is 44.2 Å². The lowest BCUT2D eigenvalue weighted by Crippen LogP contribution is -2.59. The number of benzene rings is 1. The number of amides is 5. The second-order valence-electron chi connectivity index (χ2n) is 17.0. The smallest absolute Gasteiger partial charge is 0.410 e. The number of ether oxygens (including phenoxy) is 1. The van der Waals surface area contributed by atoms with Gasteiger partial charge in [0.2, 0.25) is 17.7 Å². The van der Waals surface area contributed by atoms with Gasteiger partial charge in [-0.25, -0.2) is 14.2 Å². The number of nitrogens with one attached hydrogen (secondary N) is 3. The molecule has 55 heavy (non-hydrogen) atoms. The van der Waals surface area contributed by atoms with E-state index in [9.17, 15) is 33.5 Å². The molecule has 2 aromatic rings. The zero-order chi connectivity index (χ0) is 40.7. The molecule has 304 valence electrons. The normalized spacial score (nSPS) is 18.9.